The summed E-state index contributed by atoms with van der Waals surface area (Å²) in [5.41, 5.74) is 9.05. The van der Waals surface area contributed by atoms with E-state index < -0.39 is 0 Å². The van der Waals surface area contributed by atoms with Crippen molar-refractivity contribution in [2.75, 3.05) is 5.73 Å². The lowest BCUT2D eigenvalue weighted by molar-refractivity contribution is 0.620. The van der Waals surface area contributed by atoms with Crippen molar-refractivity contribution in [3.05, 3.63) is 60.7 Å². The van der Waals surface area contributed by atoms with Crippen molar-refractivity contribution >= 4 is 27.6 Å². The first-order valence-corrected chi connectivity index (χ1v) is 6.45. The fraction of sp³-hybridized carbons (Fsp3) is 0. The molecule has 4 aromatic rings. The predicted octanol–water partition coefficient (Wildman–Crippen LogP) is 4.23. The molecule has 3 aromatic carbocycles. The zero-order chi connectivity index (χ0) is 13.5. The third kappa shape index (κ3) is 1.72. The van der Waals surface area contributed by atoms with Crippen LogP contribution < -0.4 is 5.73 Å². The molecule has 0 radical (unpaired) electrons. The molecule has 0 aliphatic carbocycles. The second-order valence-electron chi connectivity index (χ2n) is 4.81. The van der Waals surface area contributed by atoms with Crippen molar-refractivity contribution < 1.29 is 4.42 Å². The maximum absolute atomic E-state index is 5.85. The van der Waals surface area contributed by atoms with Gasteiger partial charge in [0.05, 0.1) is 0 Å². The van der Waals surface area contributed by atoms with Crippen LogP contribution in [0.15, 0.2) is 65.1 Å². The number of nitrogens with zero attached hydrogens (tertiary/aromatic N) is 1. The summed E-state index contributed by atoms with van der Waals surface area (Å²) < 4.78 is 5.85. The quantitative estimate of drug-likeness (QED) is 0.521. The van der Waals surface area contributed by atoms with Gasteiger partial charge < -0.3 is 10.2 Å². The minimum Gasteiger partial charge on any atom is -0.436 e. The number of nitrogens with two attached hydrogens (primary N) is 1. The van der Waals surface area contributed by atoms with Gasteiger partial charge in [0.25, 0.3) is 0 Å². The predicted molar refractivity (Wildman–Crippen MR) is 81.4 cm³/mol. The van der Waals surface area contributed by atoms with Crippen molar-refractivity contribution in [3.63, 3.8) is 0 Å². The molecule has 3 heteroatoms. The van der Waals surface area contributed by atoms with Gasteiger partial charge in [-0.25, -0.2) is 4.98 Å². The number of hydrogen-bond donors (Lipinski definition) is 1. The Morgan fingerprint density at radius 3 is 2.45 bits per heavy atom. The van der Waals surface area contributed by atoms with Gasteiger partial charge in [-0.05, 0) is 41.1 Å². The van der Waals surface area contributed by atoms with E-state index in [0.29, 0.717) is 11.6 Å². The van der Waals surface area contributed by atoms with Crippen LogP contribution in [0.2, 0.25) is 0 Å². The van der Waals surface area contributed by atoms with Gasteiger partial charge in [0.15, 0.2) is 5.58 Å². The molecule has 20 heavy (non-hydrogen) atoms. The van der Waals surface area contributed by atoms with E-state index in [0.717, 1.165) is 27.4 Å². The number of fused-ring (bicyclic) bond motifs is 2. The van der Waals surface area contributed by atoms with Crippen molar-refractivity contribution in [1.82, 2.24) is 4.98 Å². The normalized spacial score (nSPS) is 11.2. The summed E-state index contributed by atoms with van der Waals surface area (Å²) in [6, 6.07) is 19.8. The number of rotatable bonds is 1. The number of aromatic nitrogens is 1. The van der Waals surface area contributed by atoms with E-state index in [2.05, 4.69) is 17.1 Å². The monoisotopic (exact) mass is 260 g/mol. The molecule has 0 aliphatic rings. The SMILES string of the molecule is Nc1cccc(-c2nc3cc4ccccc4cc3o2)c1. The summed E-state index contributed by atoms with van der Waals surface area (Å²) >= 11 is 0. The van der Waals surface area contributed by atoms with E-state index in [9.17, 15) is 0 Å². The number of hydrogen-bond acceptors (Lipinski definition) is 3. The van der Waals surface area contributed by atoms with Crippen LogP contribution in [0, 0.1) is 0 Å². The van der Waals surface area contributed by atoms with Crippen LogP contribution in [0.1, 0.15) is 0 Å². The van der Waals surface area contributed by atoms with Crippen LogP contribution in [0.25, 0.3) is 33.3 Å². The van der Waals surface area contributed by atoms with Crippen LogP contribution in [0.5, 0.6) is 0 Å². The number of benzene rings is 3. The van der Waals surface area contributed by atoms with E-state index in [1.165, 1.54) is 0 Å². The summed E-state index contributed by atoms with van der Waals surface area (Å²) in [6.45, 7) is 0. The molecule has 3 nitrogen and oxygen atoms in total. The van der Waals surface area contributed by atoms with Crippen LogP contribution in [0.3, 0.4) is 0 Å². The summed E-state index contributed by atoms with van der Waals surface area (Å²) in [4.78, 5) is 4.55. The minimum atomic E-state index is 0.600. The molecule has 0 spiro atoms. The van der Waals surface area contributed by atoms with Gasteiger partial charge in [-0.1, -0.05) is 30.3 Å². The molecule has 0 bridgehead atoms. The molecule has 0 aliphatic heterocycles. The molecule has 0 fully saturated rings. The lowest BCUT2D eigenvalue weighted by Crippen LogP contribution is -1.84. The second-order valence-corrected chi connectivity index (χ2v) is 4.81. The Morgan fingerprint density at radius 2 is 1.65 bits per heavy atom. The molecule has 1 heterocycles. The number of oxazole rings is 1. The molecule has 0 atom stereocenters. The van der Waals surface area contributed by atoms with Gasteiger partial charge in [0, 0.05) is 11.3 Å². The summed E-state index contributed by atoms with van der Waals surface area (Å²) in [5, 5.41) is 2.31. The molecule has 0 unspecified atom stereocenters. The number of anilines is 1. The van der Waals surface area contributed by atoms with Crippen molar-refractivity contribution in [2.45, 2.75) is 0 Å². The van der Waals surface area contributed by atoms with Crippen LogP contribution in [0.4, 0.5) is 5.69 Å². The largest absolute Gasteiger partial charge is 0.436 e. The van der Waals surface area contributed by atoms with Crippen molar-refractivity contribution in [1.29, 1.82) is 0 Å². The van der Waals surface area contributed by atoms with Gasteiger partial charge in [-0.15, -0.1) is 0 Å². The van der Waals surface area contributed by atoms with Gasteiger partial charge in [-0.3, -0.25) is 0 Å². The Hall–Kier alpha value is -2.81. The standard InChI is InChI=1S/C17H12N2O/c18-14-7-3-6-13(8-14)17-19-15-9-11-4-1-2-5-12(11)10-16(15)20-17/h1-10H,18H2. The molecule has 0 saturated heterocycles. The minimum absolute atomic E-state index is 0.600. The Balaban J connectivity index is 1.96. The maximum atomic E-state index is 5.85. The first-order valence-electron chi connectivity index (χ1n) is 6.45. The lowest BCUT2D eigenvalue weighted by Gasteiger charge is -1.96. The Kier molecular flexibility index (Phi) is 2.27. The Bertz CT molecular complexity index is 872. The van der Waals surface area contributed by atoms with Gasteiger partial charge in [0.1, 0.15) is 5.52 Å². The van der Waals surface area contributed by atoms with E-state index in [1.807, 2.05) is 48.5 Å². The third-order valence-electron chi connectivity index (χ3n) is 3.39. The van der Waals surface area contributed by atoms with E-state index in [4.69, 9.17) is 10.2 Å². The first kappa shape index (κ1) is 11.1. The molecular formula is C17H12N2O. The maximum Gasteiger partial charge on any atom is 0.227 e. The lowest BCUT2D eigenvalue weighted by atomic mass is 10.1. The highest BCUT2D eigenvalue weighted by molar-refractivity contribution is 5.94. The van der Waals surface area contributed by atoms with E-state index >= 15 is 0 Å². The topological polar surface area (TPSA) is 52.0 Å². The van der Waals surface area contributed by atoms with Crippen LogP contribution in [-0.2, 0) is 0 Å². The highest BCUT2D eigenvalue weighted by Gasteiger charge is 2.09. The average Bonchev–Trinajstić information content (AvgIpc) is 2.87. The van der Waals surface area contributed by atoms with Gasteiger partial charge in [-0.2, -0.15) is 0 Å². The summed E-state index contributed by atoms with van der Waals surface area (Å²) in [5.74, 6) is 0.600. The smallest absolute Gasteiger partial charge is 0.227 e. The molecule has 2 N–H and O–H groups in total. The summed E-state index contributed by atoms with van der Waals surface area (Å²) in [6.07, 6.45) is 0. The highest BCUT2D eigenvalue weighted by Crippen LogP contribution is 2.28. The molecule has 1 aromatic heterocycles. The molecule has 0 saturated carbocycles. The fourth-order valence-corrected chi connectivity index (χ4v) is 2.41. The van der Waals surface area contributed by atoms with Crippen LogP contribution in [-0.4, -0.2) is 4.98 Å². The van der Waals surface area contributed by atoms with Gasteiger partial charge >= 0.3 is 0 Å². The molecular weight excluding hydrogens is 248 g/mol. The zero-order valence-corrected chi connectivity index (χ0v) is 10.7. The highest BCUT2D eigenvalue weighted by atomic mass is 16.3. The Labute approximate surface area is 115 Å². The second kappa shape index (κ2) is 4.10. The molecule has 96 valence electrons. The summed E-state index contributed by atoms with van der Waals surface area (Å²) in [7, 11) is 0. The average molecular weight is 260 g/mol. The van der Waals surface area contributed by atoms with Crippen LogP contribution >= 0.6 is 0 Å². The molecule has 0 amide bonds. The van der Waals surface area contributed by atoms with E-state index in [1.54, 1.807) is 0 Å². The zero-order valence-electron chi connectivity index (χ0n) is 10.7. The molecule has 4 rings (SSSR count). The third-order valence-corrected chi connectivity index (χ3v) is 3.39. The van der Waals surface area contributed by atoms with Crippen molar-refractivity contribution in [3.8, 4) is 11.5 Å². The van der Waals surface area contributed by atoms with E-state index in [-0.39, 0.29) is 0 Å². The van der Waals surface area contributed by atoms with Crippen molar-refractivity contribution in [2.24, 2.45) is 0 Å². The Morgan fingerprint density at radius 1 is 0.850 bits per heavy atom. The first-order chi connectivity index (χ1) is 9.79. The fourth-order valence-electron chi connectivity index (χ4n) is 2.41. The number of nitrogen functional groups attached to an aromatic ring is 1. The van der Waals surface area contributed by atoms with Gasteiger partial charge in [0.2, 0.25) is 5.89 Å².